The van der Waals surface area contributed by atoms with E-state index in [9.17, 15) is 0 Å². The summed E-state index contributed by atoms with van der Waals surface area (Å²) in [6, 6.07) is 3.73. The molecule has 0 radical (unpaired) electrons. The van der Waals surface area contributed by atoms with Gasteiger partial charge in [-0.2, -0.15) is 15.3 Å². The van der Waals surface area contributed by atoms with Gasteiger partial charge in [-0.3, -0.25) is 0 Å². The second kappa shape index (κ2) is 3.30. The minimum Gasteiger partial charge on any atom is -0.361 e. The van der Waals surface area contributed by atoms with E-state index in [-0.39, 0.29) is 5.57 Å². The Hall–Kier alpha value is -2.16. The van der Waals surface area contributed by atoms with Gasteiger partial charge >= 0.3 is 0 Å². The highest BCUT2D eigenvalue weighted by molar-refractivity contribution is 5.95. The molecule has 0 amide bonds. The van der Waals surface area contributed by atoms with Crippen LogP contribution in [0.2, 0.25) is 0 Å². The average Bonchev–Trinajstić information content (AvgIpc) is 2.16. The van der Waals surface area contributed by atoms with Crippen molar-refractivity contribution in [2.75, 3.05) is 0 Å². The Morgan fingerprint density at radius 1 is 1.33 bits per heavy atom. The zero-order valence-corrected chi connectivity index (χ0v) is 6.15. The molecule has 0 bridgehead atoms. The summed E-state index contributed by atoms with van der Waals surface area (Å²) < 4.78 is 0. The van der Waals surface area contributed by atoms with Crippen LogP contribution < -0.4 is 0 Å². The van der Waals surface area contributed by atoms with Crippen molar-refractivity contribution < 1.29 is 4.79 Å². The van der Waals surface area contributed by atoms with Crippen LogP contribution in [0, 0.1) is 22.7 Å². The number of nitrogens with zero attached hydrogens (tertiary/aromatic N) is 4. The van der Waals surface area contributed by atoms with Crippen LogP contribution in [0.15, 0.2) is 23.3 Å². The van der Waals surface area contributed by atoms with E-state index in [0.717, 1.165) is 0 Å². The summed E-state index contributed by atoms with van der Waals surface area (Å²) in [5.41, 5.74) is 9.36. The molecular formula is C8H4N4. The molecule has 0 atom stereocenters. The van der Waals surface area contributed by atoms with Crippen LogP contribution in [-0.4, -0.2) is 10.5 Å². The highest BCUT2D eigenvalue weighted by Crippen LogP contribution is 2.14. The summed E-state index contributed by atoms with van der Waals surface area (Å²) in [5, 5.41) is 17.1. The number of allylic oxidation sites excluding steroid dienone is 4. The molecule has 0 heterocycles. The maximum Gasteiger partial charge on any atom is 0.297 e. The predicted molar refractivity (Wildman–Crippen MR) is 40.6 cm³/mol. The van der Waals surface area contributed by atoms with E-state index in [4.69, 9.17) is 16.1 Å². The lowest BCUT2D eigenvalue weighted by Crippen LogP contribution is -2.02. The van der Waals surface area contributed by atoms with E-state index in [1.54, 1.807) is 6.08 Å². The first-order chi connectivity index (χ1) is 5.81. The second-order valence-electron chi connectivity index (χ2n) is 2.19. The molecule has 1 rings (SSSR count). The highest BCUT2D eigenvalue weighted by atomic mass is 14.8. The third kappa shape index (κ3) is 1.29. The lowest BCUT2D eigenvalue weighted by molar-refractivity contribution is -0.00543. The molecule has 1 aliphatic rings. The summed E-state index contributed by atoms with van der Waals surface area (Å²) in [7, 11) is 0. The van der Waals surface area contributed by atoms with Gasteiger partial charge in [0, 0.05) is 6.08 Å². The molecule has 0 aliphatic heterocycles. The van der Waals surface area contributed by atoms with Crippen molar-refractivity contribution in [3.8, 4) is 12.1 Å². The first-order valence-electron chi connectivity index (χ1n) is 3.25. The Morgan fingerprint density at radius 2 is 2.00 bits per heavy atom. The van der Waals surface area contributed by atoms with Crippen molar-refractivity contribution in [1.29, 1.82) is 10.5 Å². The van der Waals surface area contributed by atoms with Crippen molar-refractivity contribution in [3.05, 3.63) is 28.8 Å². The van der Waals surface area contributed by atoms with Gasteiger partial charge < -0.3 is 5.53 Å². The molecule has 0 aromatic rings. The molecule has 12 heavy (non-hydrogen) atoms. The second-order valence-corrected chi connectivity index (χ2v) is 2.19. The fourth-order valence-corrected chi connectivity index (χ4v) is 0.888. The van der Waals surface area contributed by atoms with Gasteiger partial charge in [0.25, 0.3) is 5.71 Å². The van der Waals surface area contributed by atoms with E-state index in [2.05, 4.69) is 4.79 Å². The normalized spacial score (nSPS) is 15.0. The van der Waals surface area contributed by atoms with Gasteiger partial charge in [-0.15, -0.1) is 0 Å². The highest BCUT2D eigenvalue weighted by Gasteiger charge is 2.15. The van der Waals surface area contributed by atoms with Gasteiger partial charge in [-0.1, -0.05) is 6.08 Å². The van der Waals surface area contributed by atoms with Crippen molar-refractivity contribution in [2.45, 2.75) is 6.42 Å². The molecule has 0 saturated heterocycles. The van der Waals surface area contributed by atoms with E-state index in [0.29, 0.717) is 17.7 Å². The van der Waals surface area contributed by atoms with E-state index in [1.807, 2.05) is 12.1 Å². The van der Waals surface area contributed by atoms with Crippen molar-refractivity contribution >= 4 is 5.71 Å². The Bertz CT molecular complexity index is 394. The molecule has 0 aromatic carbocycles. The Kier molecular flexibility index (Phi) is 2.18. The van der Waals surface area contributed by atoms with Gasteiger partial charge in [0.2, 0.25) is 0 Å². The van der Waals surface area contributed by atoms with Gasteiger partial charge in [-0.25, -0.2) is 0 Å². The average molecular weight is 156 g/mol. The standard InChI is InChI=1S/C8H4N4/c9-4-6-1-2-8(12-11)3-7(6)5-10/h1,3H,2H2. The van der Waals surface area contributed by atoms with Crippen LogP contribution in [0.25, 0.3) is 5.53 Å². The lowest BCUT2D eigenvalue weighted by Gasteiger charge is -1.98. The maximum absolute atomic E-state index is 8.56. The summed E-state index contributed by atoms with van der Waals surface area (Å²) in [4.78, 5) is 2.95. The largest absolute Gasteiger partial charge is 0.361 e. The molecule has 4 heteroatoms. The SMILES string of the molecule is N#CC1=CCC(=[N+]=[N-])C=C1C#N. The molecular weight excluding hydrogens is 152 g/mol. The van der Waals surface area contributed by atoms with Crippen molar-refractivity contribution in [2.24, 2.45) is 0 Å². The minimum absolute atomic E-state index is 0.247. The van der Waals surface area contributed by atoms with Crippen LogP contribution in [0.4, 0.5) is 0 Å². The summed E-state index contributed by atoms with van der Waals surface area (Å²) in [6.07, 6.45) is 3.36. The fourth-order valence-electron chi connectivity index (χ4n) is 0.888. The monoisotopic (exact) mass is 156 g/mol. The van der Waals surface area contributed by atoms with E-state index < -0.39 is 0 Å². The molecule has 0 N–H and O–H groups in total. The Labute approximate surface area is 69.3 Å². The lowest BCUT2D eigenvalue weighted by atomic mass is 9.99. The first-order valence-corrected chi connectivity index (χ1v) is 3.25. The molecule has 0 spiro atoms. The first kappa shape index (κ1) is 7.94. The van der Waals surface area contributed by atoms with Gasteiger partial charge in [-0.05, 0) is 0 Å². The molecule has 0 fully saturated rings. The molecule has 56 valence electrons. The topological polar surface area (TPSA) is 84.0 Å². The molecule has 4 nitrogen and oxygen atoms in total. The Morgan fingerprint density at radius 3 is 2.50 bits per heavy atom. The zero-order valence-electron chi connectivity index (χ0n) is 6.15. The Balaban J connectivity index is 3.14. The van der Waals surface area contributed by atoms with Crippen LogP contribution in [0.3, 0.4) is 0 Å². The zero-order chi connectivity index (χ0) is 8.97. The summed E-state index contributed by atoms with van der Waals surface area (Å²) >= 11 is 0. The molecule has 0 saturated carbocycles. The number of rotatable bonds is 0. The van der Waals surface area contributed by atoms with E-state index in [1.165, 1.54) is 6.08 Å². The van der Waals surface area contributed by atoms with Crippen molar-refractivity contribution in [1.82, 2.24) is 0 Å². The summed E-state index contributed by atoms with van der Waals surface area (Å²) in [5.74, 6) is 0. The van der Waals surface area contributed by atoms with Crippen LogP contribution in [0.1, 0.15) is 6.42 Å². The van der Waals surface area contributed by atoms with Crippen LogP contribution in [0.5, 0.6) is 0 Å². The predicted octanol–water partition coefficient (Wildman–Crippen LogP) is 0.961. The number of hydrogen-bond acceptors (Lipinski definition) is 2. The quantitative estimate of drug-likeness (QED) is 0.386. The summed E-state index contributed by atoms with van der Waals surface area (Å²) in [6.45, 7) is 0. The third-order valence-corrected chi connectivity index (χ3v) is 1.49. The van der Waals surface area contributed by atoms with Crippen LogP contribution in [-0.2, 0) is 0 Å². The van der Waals surface area contributed by atoms with E-state index >= 15 is 0 Å². The number of hydrogen-bond donors (Lipinski definition) is 0. The molecule has 1 aliphatic carbocycles. The van der Waals surface area contributed by atoms with Crippen molar-refractivity contribution in [3.63, 3.8) is 0 Å². The van der Waals surface area contributed by atoms with Gasteiger partial charge in [0.15, 0.2) is 0 Å². The fraction of sp³-hybridized carbons (Fsp3) is 0.125. The smallest absolute Gasteiger partial charge is 0.297 e. The molecule has 0 aromatic heterocycles. The number of nitriles is 2. The maximum atomic E-state index is 8.56. The van der Waals surface area contributed by atoms with Crippen LogP contribution >= 0.6 is 0 Å². The minimum atomic E-state index is 0.247. The van der Waals surface area contributed by atoms with Gasteiger partial charge in [0.05, 0.1) is 17.6 Å². The third-order valence-electron chi connectivity index (χ3n) is 1.49. The molecule has 0 unspecified atom stereocenters. The van der Waals surface area contributed by atoms with Gasteiger partial charge in [0.1, 0.15) is 12.1 Å².